The van der Waals surface area contributed by atoms with Gasteiger partial charge in [0.2, 0.25) is 0 Å². The second kappa shape index (κ2) is 7.89. The van der Waals surface area contributed by atoms with Crippen LogP contribution in [0.1, 0.15) is 34.4 Å². The van der Waals surface area contributed by atoms with Gasteiger partial charge in [0.1, 0.15) is 11.2 Å². The van der Waals surface area contributed by atoms with Gasteiger partial charge in [-0.1, -0.05) is 29.8 Å². The van der Waals surface area contributed by atoms with Crippen molar-refractivity contribution in [2.75, 3.05) is 4.72 Å². The number of benzene rings is 2. The molecule has 1 aliphatic rings. The fourth-order valence-electron chi connectivity index (χ4n) is 4.61. The molecule has 0 aliphatic heterocycles. The first-order chi connectivity index (χ1) is 16.4. The van der Waals surface area contributed by atoms with Crippen LogP contribution in [0.2, 0.25) is 0 Å². The average molecular weight is 490 g/mol. The standard InChI is InChI=1S/C25H23N5O2S2/c1-15-10-11-20(16(2)12-15)29-34(31,32)18-7-5-6-17(13-18)23-27-24-22-19-8-3-4-9-21(19)33-25(22)26-14-30(24)28-23/h5-7,10-14,29H,3-4,8-9H2,1-2H3. The lowest BCUT2D eigenvalue weighted by Crippen LogP contribution is -2.13. The highest BCUT2D eigenvalue weighted by Crippen LogP contribution is 2.37. The van der Waals surface area contributed by atoms with Crippen molar-refractivity contribution in [2.24, 2.45) is 0 Å². The number of thiophene rings is 1. The first kappa shape index (κ1) is 21.2. The summed E-state index contributed by atoms with van der Waals surface area (Å²) >= 11 is 1.75. The summed E-state index contributed by atoms with van der Waals surface area (Å²) in [6.45, 7) is 3.87. The highest BCUT2D eigenvalue weighted by molar-refractivity contribution is 7.92. The molecule has 0 spiro atoms. The van der Waals surface area contributed by atoms with Crippen molar-refractivity contribution in [1.82, 2.24) is 19.6 Å². The molecule has 172 valence electrons. The highest BCUT2D eigenvalue weighted by atomic mass is 32.2. The number of sulfonamides is 1. The Morgan fingerprint density at radius 3 is 2.76 bits per heavy atom. The average Bonchev–Trinajstić information content (AvgIpc) is 3.42. The van der Waals surface area contributed by atoms with Crippen LogP contribution in [0.3, 0.4) is 0 Å². The van der Waals surface area contributed by atoms with E-state index >= 15 is 0 Å². The summed E-state index contributed by atoms with van der Waals surface area (Å²) in [6.07, 6.45) is 6.21. The quantitative estimate of drug-likeness (QED) is 0.370. The minimum Gasteiger partial charge on any atom is -0.279 e. The van der Waals surface area contributed by atoms with Crippen LogP contribution in [-0.2, 0) is 22.9 Å². The molecule has 3 heterocycles. The van der Waals surface area contributed by atoms with E-state index in [2.05, 4.69) is 14.8 Å². The molecule has 0 atom stereocenters. The zero-order valence-electron chi connectivity index (χ0n) is 18.9. The molecule has 0 saturated carbocycles. The molecule has 2 aromatic carbocycles. The Kier molecular flexibility index (Phi) is 4.93. The summed E-state index contributed by atoms with van der Waals surface area (Å²) in [5, 5.41) is 5.71. The van der Waals surface area contributed by atoms with Crippen LogP contribution >= 0.6 is 11.3 Å². The second-order valence-corrected chi connectivity index (χ2v) is 11.6. The molecule has 0 amide bonds. The number of nitrogens with one attached hydrogen (secondary N) is 1. The smallest absolute Gasteiger partial charge is 0.261 e. The zero-order chi connectivity index (χ0) is 23.4. The normalized spacial score (nSPS) is 13.9. The van der Waals surface area contributed by atoms with E-state index in [1.54, 1.807) is 46.4 Å². The summed E-state index contributed by atoms with van der Waals surface area (Å²) in [4.78, 5) is 12.0. The fraction of sp³-hybridized carbons (Fsp3) is 0.240. The molecule has 0 unspecified atom stereocenters. The second-order valence-electron chi connectivity index (χ2n) is 8.79. The van der Waals surface area contributed by atoms with Gasteiger partial charge in [-0.2, -0.15) is 0 Å². The zero-order valence-corrected chi connectivity index (χ0v) is 20.5. The van der Waals surface area contributed by atoms with E-state index in [4.69, 9.17) is 4.98 Å². The van der Waals surface area contributed by atoms with Crippen molar-refractivity contribution < 1.29 is 8.42 Å². The minimum atomic E-state index is -3.77. The van der Waals surface area contributed by atoms with Crippen LogP contribution < -0.4 is 4.72 Å². The fourth-order valence-corrected chi connectivity index (χ4v) is 7.01. The molecular weight excluding hydrogens is 466 g/mol. The Balaban J connectivity index is 1.41. The van der Waals surface area contributed by atoms with E-state index in [1.165, 1.54) is 23.3 Å². The highest BCUT2D eigenvalue weighted by Gasteiger charge is 2.22. The Hall–Kier alpha value is -3.30. The molecule has 7 nitrogen and oxygen atoms in total. The SMILES string of the molecule is Cc1ccc(NS(=O)(=O)c2cccc(-c3nc4c5c6c(sc5ncn4n3)CCCC6)c2)c(C)c1. The molecular formula is C25H23N5O2S2. The van der Waals surface area contributed by atoms with Crippen molar-refractivity contribution in [3.8, 4) is 11.4 Å². The lowest BCUT2D eigenvalue weighted by Gasteiger charge is -2.11. The van der Waals surface area contributed by atoms with E-state index < -0.39 is 10.0 Å². The van der Waals surface area contributed by atoms with E-state index in [0.29, 0.717) is 17.1 Å². The van der Waals surface area contributed by atoms with Gasteiger partial charge < -0.3 is 0 Å². The van der Waals surface area contributed by atoms with Gasteiger partial charge >= 0.3 is 0 Å². The molecule has 0 saturated heterocycles. The van der Waals surface area contributed by atoms with Crippen LogP contribution in [0.4, 0.5) is 5.69 Å². The molecule has 6 rings (SSSR count). The van der Waals surface area contributed by atoms with Gasteiger partial charge in [0, 0.05) is 10.4 Å². The molecule has 0 fully saturated rings. The van der Waals surface area contributed by atoms with Gasteiger partial charge in [-0.15, -0.1) is 16.4 Å². The molecule has 5 aromatic rings. The lowest BCUT2D eigenvalue weighted by atomic mass is 9.97. The van der Waals surface area contributed by atoms with Gasteiger partial charge in [0.25, 0.3) is 10.0 Å². The molecule has 34 heavy (non-hydrogen) atoms. The molecule has 1 N–H and O–H groups in total. The van der Waals surface area contributed by atoms with Gasteiger partial charge in [0.15, 0.2) is 11.5 Å². The first-order valence-corrected chi connectivity index (χ1v) is 13.6. The number of rotatable bonds is 4. The Bertz CT molecular complexity index is 1680. The molecule has 3 aromatic heterocycles. The number of nitrogens with zero attached hydrogens (tertiary/aromatic N) is 4. The van der Waals surface area contributed by atoms with Crippen molar-refractivity contribution in [1.29, 1.82) is 0 Å². The molecule has 1 aliphatic carbocycles. The van der Waals surface area contributed by atoms with Crippen LogP contribution in [-0.4, -0.2) is 28.0 Å². The first-order valence-electron chi connectivity index (χ1n) is 11.3. The predicted molar refractivity (Wildman–Crippen MR) is 135 cm³/mol. The largest absolute Gasteiger partial charge is 0.279 e. The predicted octanol–water partition coefficient (Wildman–Crippen LogP) is 5.30. The van der Waals surface area contributed by atoms with E-state index in [9.17, 15) is 8.42 Å². The summed E-state index contributed by atoms with van der Waals surface area (Å²) in [7, 11) is -3.77. The maximum atomic E-state index is 13.1. The number of hydrogen-bond acceptors (Lipinski definition) is 6. The number of aryl methyl sites for hydroxylation is 4. The van der Waals surface area contributed by atoms with Crippen LogP contribution in [0.25, 0.3) is 27.3 Å². The Labute approximate surface area is 201 Å². The van der Waals surface area contributed by atoms with Crippen molar-refractivity contribution >= 4 is 42.9 Å². The maximum Gasteiger partial charge on any atom is 0.261 e. The third-order valence-corrected chi connectivity index (χ3v) is 8.88. The molecule has 0 radical (unpaired) electrons. The number of hydrogen-bond donors (Lipinski definition) is 1. The maximum absolute atomic E-state index is 13.1. The molecule has 9 heteroatoms. The third-order valence-electron chi connectivity index (χ3n) is 6.32. The van der Waals surface area contributed by atoms with Crippen LogP contribution in [0.5, 0.6) is 0 Å². The van der Waals surface area contributed by atoms with E-state index in [0.717, 1.165) is 39.8 Å². The van der Waals surface area contributed by atoms with Gasteiger partial charge in [-0.25, -0.2) is 22.9 Å². The van der Waals surface area contributed by atoms with Gasteiger partial charge in [0.05, 0.1) is 16.0 Å². The van der Waals surface area contributed by atoms with Crippen LogP contribution in [0.15, 0.2) is 53.7 Å². The monoisotopic (exact) mass is 489 g/mol. The van der Waals surface area contributed by atoms with Crippen LogP contribution in [0, 0.1) is 13.8 Å². The minimum absolute atomic E-state index is 0.167. The summed E-state index contributed by atoms with van der Waals surface area (Å²) in [5.74, 6) is 0.480. The Morgan fingerprint density at radius 1 is 1.06 bits per heavy atom. The summed E-state index contributed by atoms with van der Waals surface area (Å²) in [5.41, 5.74) is 5.29. The molecule has 0 bridgehead atoms. The number of aromatic nitrogens is 4. The number of fused-ring (bicyclic) bond motifs is 5. The van der Waals surface area contributed by atoms with E-state index in [-0.39, 0.29) is 4.90 Å². The van der Waals surface area contributed by atoms with E-state index in [1.807, 2.05) is 32.0 Å². The summed E-state index contributed by atoms with van der Waals surface area (Å²) in [6, 6.07) is 12.4. The summed E-state index contributed by atoms with van der Waals surface area (Å²) < 4.78 is 30.7. The van der Waals surface area contributed by atoms with Gasteiger partial charge in [-0.05, 0) is 68.9 Å². The third kappa shape index (κ3) is 3.56. The lowest BCUT2D eigenvalue weighted by molar-refractivity contribution is 0.601. The topological polar surface area (TPSA) is 89.2 Å². The van der Waals surface area contributed by atoms with Crippen molar-refractivity contribution in [3.63, 3.8) is 0 Å². The van der Waals surface area contributed by atoms with Crippen molar-refractivity contribution in [2.45, 2.75) is 44.4 Å². The van der Waals surface area contributed by atoms with Gasteiger partial charge in [-0.3, -0.25) is 4.72 Å². The Morgan fingerprint density at radius 2 is 1.91 bits per heavy atom. The number of anilines is 1. The van der Waals surface area contributed by atoms with Crippen molar-refractivity contribution in [3.05, 3.63) is 70.4 Å².